The van der Waals surface area contributed by atoms with Crippen LogP contribution in [-0.4, -0.2) is 16.2 Å². The zero-order valence-corrected chi connectivity index (χ0v) is 16.5. The van der Waals surface area contributed by atoms with Crippen LogP contribution in [0.15, 0.2) is 52.5 Å². The number of fused-ring (bicyclic) bond motifs is 2. The number of aryl methyl sites for hydroxylation is 1. The van der Waals surface area contributed by atoms with Crippen LogP contribution < -0.4 is 0 Å². The summed E-state index contributed by atoms with van der Waals surface area (Å²) in [4.78, 5) is 23.6. The lowest BCUT2D eigenvalue weighted by Crippen LogP contribution is -2.09. The summed E-state index contributed by atoms with van der Waals surface area (Å²) >= 11 is 8.05. The topological polar surface area (TPSA) is 51.4 Å². The summed E-state index contributed by atoms with van der Waals surface area (Å²) in [6, 6.07) is 12.1. The first-order valence-corrected chi connectivity index (χ1v) is 9.95. The maximum Gasteiger partial charge on any atom is 0.305 e. The predicted molar refractivity (Wildman–Crippen MR) is 111 cm³/mol. The van der Waals surface area contributed by atoms with Gasteiger partial charge in [0.05, 0.1) is 0 Å². The molecule has 1 aromatic heterocycles. The van der Waals surface area contributed by atoms with Gasteiger partial charge in [0.1, 0.15) is 6.54 Å². The lowest BCUT2D eigenvalue weighted by Gasteiger charge is -2.18. The van der Waals surface area contributed by atoms with Crippen molar-refractivity contribution in [2.45, 2.75) is 25.3 Å². The van der Waals surface area contributed by atoms with Crippen molar-refractivity contribution in [2.75, 3.05) is 5.75 Å². The number of carbonyl (C=O) groups excluding carboxylic acids is 1. The molecule has 27 heavy (non-hydrogen) atoms. The van der Waals surface area contributed by atoms with E-state index in [2.05, 4.69) is 23.4 Å². The van der Waals surface area contributed by atoms with Gasteiger partial charge in [-0.05, 0) is 55.3 Å². The van der Waals surface area contributed by atoms with Gasteiger partial charge in [-0.2, -0.15) is 0 Å². The van der Waals surface area contributed by atoms with E-state index in [9.17, 15) is 9.70 Å². The van der Waals surface area contributed by atoms with Crippen LogP contribution in [0.2, 0.25) is 5.02 Å². The number of nitrogens with zero attached hydrogens (tertiary/aromatic N) is 2. The van der Waals surface area contributed by atoms with Crippen LogP contribution in [0, 0.1) is 18.8 Å². The van der Waals surface area contributed by atoms with Crippen molar-refractivity contribution in [1.82, 2.24) is 4.57 Å². The lowest BCUT2D eigenvalue weighted by molar-refractivity contribution is -0.118. The maximum atomic E-state index is 11.7. The Kier molecular flexibility index (Phi) is 4.66. The normalized spacial score (nSPS) is 13.4. The number of benzene rings is 2. The van der Waals surface area contributed by atoms with E-state index in [1.165, 1.54) is 4.90 Å². The highest BCUT2D eigenvalue weighted by molar-refractivity contribution is 7.99. The zero-order chi connectivity index (χ0) is 19.1. The van der Waals surface area contributed by atoms with Crippen LogP contribution >= 0.6 is 23.4 Å². The Balaban J connectivity index is 2.00. The summed E-state index contributed by atoms with van der Waals surface area (Å²) in [7, 11) is 0. The van der Waals surface area contributed by atoms with Crippen LogP contribution in [0.1, 0.15) is 22.4 Å². The highest BCUT2D eigenvalue weighted by Crippen LogP contribution is 2.42. The number of carbonyl (C=O) groups is 1. The number of hydrogen-bond acceptors (Lipinski definition) is 3. The number of amides is 1. The number of rotatable bonds is 3. The highest BCUT2D eigenvalue weighted by atomic mass is 35.5. The van der Waals surface area contributed by atoms with Crippen molar-refractivity contribution in [3.05, 3.63) is 74.8 Å². The Labute approximate surface area is 166 Å². The zero-order valence-electron chi connectivity index (χ0n) is 15.0. The fourth-order valence-corrected chi connectivity index (χ4v) is 4.79. The summed E-state index contributed by atoms with van der Waals surface area (Å²) in [5, 5.41) is 4.33. The minimum absolute atomic E-state index is 0.0562. The van der Waals surface area contributed by atoms with Gasteiger partial charge in [-0.15, -0.1) is 16.7 Å². The largest absolute Gasteiger partial charge is 0.335 e. The highest BCUT2D eigenvalue weighted by Gasteiger charge is 2.23. The number of aromatic nitrogens is 1. The third-order valence-electron chi connectivity index (χ3n) is 4.90. The van der Waals surface area contributed by atoms with Crippen LogP contribution in [-0.2, 0) is 11.3 Å². The van der Waals surface area contributed by atoms with E-state index in [1.807, 2.05) is 42.7 Å². The SMILES string of the molecule is Cc1ccc2c(c1)c(C1=CCSc3ccc(Cl)cc31)c(C)n2CC(=O)N=O. The molecule has 6 heteroatoms. The summed E-state index contributed by atoms with van der Waals surface area (Å²) in [6.45, 7) is 3.97. The molecule has 1 aliphatic heterocycles. The smallest absolute Gasteiger partial charge is 0.305 e. The summed E-state index contributed by atoms with van der Waals surface area (Å²) in [5.41, 5.74) is 6.30. The van der Waals surface area contributed by atoms with Gasteiger partial charge in [-0.1, -0.05) is 29.3 Å². The van der Waals surface area contributed by atoms with Crippen LogP contribution in [0.4, 0.5) is 0 Å². The Morgan fingerprint density at radius 1 is 1.22 bits per heavy atom. The molecule has 0 aliphatic carbocycles. The lowest BCUT2D eigenvalue weighted by atomic mass is 9.94. The monoisotopic (exact) mass is 396 g/mol. The van der Waals surface area contributed by atoms with Crippen molar-refractivity contribution in [3.8, 4) is 0 Å². The van der Waals surface area contributed by atoms with E-state index in [-0.39, 0.29) is 6.54 Å². The molecule has 0 spiro atoms. The molecule has 0 saturated carbocycles. The van der Waals surface area contributed by atoms with Crippen molar-refractivity contribution in [3.63, 3.8) is 0 Å². The Hall–Kier alpha value is -2.37. The van der Waals surface area contributed by atoms with Crippen LogP contribution in [0.5, 0.6) is 0 Å². The first-order valence-electron chi connectivity index (χ1n) is 8.58. The predicted octanol–water partition coefficient (Wildman–Crippen LogP) is 5.74. The molecule has 2 heterocycles. The van der Waals surface area contributed by atoms with E-state index in [0.29, 0.717) is 5.02 Å². The van der Waals surface area contributed by atoms with Crippen molar-refractivity contribution in [2.24, 2.45) is 5.18 Å². The first-order chi connectivity index (χ1) is 13.0. The fourth-order valence-electron chi connectivity index (χ4n) is 3.70. The van der Waals surface area contributed by atoms with Crippen molar-refractivity contribution < 1.29 is 4.79 Å². The first kappa shape index (κ1) is 18.0. The molecule has 1 amide bonds. The molecule has 0 bridgehead atoms. The molecule has 136 valence electrons. The molecule has 0 unspecified atom stereocenters. The number of thioether (sulfide) groups is 1. The van der Waals surface area contributed by atoms with Gasteiger partial charge in [-0.3, -0.25) is 4.79 Å². The molecule has 1 aliphatic rings. The minimum Gasteiger partial charge on any atom is -0.335 e. The summed E-state index contributed by atoms with van der Waals surface area (Å²) in [6.07, 6.45) is 2.21. The molecular formula is C21H17ClN2O2S. The quantitative estimate of drug-likeness (QED) is 0.530. The Morgan fingerprint density at radius 3 is 2.81 bits per heavy atom. The van der Waals surface area contributed by atoms with Gasteiger partial charge in [0.15, 0.2) is 0 Å². The van der Waals surface area contributed by atoms with Gasteiger partial charge in [-0.25, -0.2) is 0 Å². The van der Waals surface area contributed by atoms with Crippen molar-refractivity contribution >= 4 is 45.7 Å². The third-order valence-corrected chi connectivity index (χ3v) is 6.14. The Bertz CT molecular complexity index is 1130. The average Bonchev–Trinajstić information content (AvgIpc) is 2.92. The number of halogens is 1. The maximum absolute atomic E-state index is 11.7. The molecule has 0 N–H and O–H groups in total. The van der Waals surface area contributed by atoms with Crippen LogP contribution in [0.25, 0.3) is 16.5 Å². The van der Waals surface area contributed by atoms with E-state index in [4.69, 9.17) is 11.6 Å². The van der Waals surface area contributed by atoms with Gasteiger partial charge in [0.2, 0.25) is 0 Å². The molecule has 0 radical (unpaired) electrons. The van der Waals surface area contributed by atoms with E-state index in [0.717, 1.165) is 44.6 Å². The number of hydrogen-bond donors (Lipinski definition) is 0. The van der Waals surface area contributed by atoms with Gasteiger partial charge in [0, 0.05) is 43.0 Å². The number of nitroso groups, excluding NO2 is 1. The molecular weight excluding hydrogens is 380 g/mol. The molecule has 4 nitrogen and oxygen atoms in total. The van der Waals surface area contributed by atoms with Crippen molar-refractivity contribution in [1.29, 1.82) is 0 Å². The van der Waals surface area contributed by atoms with Gasteiger partial charge >= 0.3 is 5.91 Å². The molecule has 0 saturated heterocycles. The molecule has 0 atom stereocenters. The fraction of sp³-hybridized carbons (Fsp3) is 0.190. The molecule has 4 rings (SSSR count). The molecule has 3 aromatic rings. The summed E-state index contributed by atoms with van der Waals surface area (Å²) in [5.74, 6) is 0.190. The minimum atomic E-state index is -0.682. The van der Waals surface area contributed by atoms with Crippen LogP contribution in [0.3, 0.4) is 0 Å². The van der Waals surface area contributed by atoms with E-state index < -0.39 is 5.91 Å². The summed E-state index contributed by atoms with van der Waals surface area (Å²) < 4.78 is 1.88. The Morgan fingerprint density at radius 2 is 2.04 bits per heavy atom. The van der Waals surface area contributed by atoms with E-state index in [1.54, 1.807) is 11.8 Å². The van der Waals surface area contributed by atoms with E-state index >= 15 is 0 Å². The third kappa shape index (κ3) is 3.11. The second-order valence-electron chi connectivity index (χ2n) is 6.62. The molecule has 2 aromatic carbocycles. The second-order valence-corrected chi connectivity index (χ2v) is 8.12. The van der Waals surface area contributed by atoms with Gasteiger partial charge < -0.3 is 4.57 Å². The molecule has 0 fully saturated rings. The van der Waals surface area contributed by atoms with Gasteiger partial charge in [0.25, 0.3) is 0 Å². The average molecular weight is 397 g/mol. The standard InChI is InChI=1S/C21H17ClN2O2S/c1-12-3-5-18-17(9-12)21(13(2)24(18)11-20(25)23-26)15-7-8-27-19-6-4-14(22)10-16(15)19/h3-7,9-10H,8,11H2,1-2H3. The second kappa shape index (κ2) is 6.98.